The Labute approximate surface area is 102 Å². The summed E-state index contributed by atoms with van der Waals surface area (Å²) in [5.74, 6) is 0. The smallest absolute Gasteiger partial charge is 0.222 e. The predicted molar refractivity (Wildman–Crippen MR) is 49.8 cm³/mol. The van der Waals surface area contributed by atoms with Gasteiger partial charge in [-0.2, -0.15) is 0 Å². The van der Waals surface area contributed by atoms with Crippen molar-refractivity contribution in [2.75, 3.05) is 0 Å². The number of halogens is 1. The second-order valence-electron chi connectivity index (χ2n) is 2.46. The lowest BCUT2D eigenvalue weighted by atomic mass is 10.2. The highest BCUT2D eigenvalue weighted by molar-refractivity contribution is 7.26. The van der Waals surface area contributed by atoms with E-state index in [4.69, 9.17) is 18.6 Å². The van der Waals surface area contributed by atoms with Crippen LogP contribution in [0.3, 0.4) is 0 Å². The van der Waals surface area contributed by atoms with Gasteiger partial charge >= 0.3 is 0 Å². The quantitative estimate of drug-likeness (QED) is 0.584. The summed E-state index contributed by atoms with van der Waals surface area (Å²) in [6, 6.07) is 10.2. The maximum Gasteiger partial charge on any atom is 0.268 e. The van der Waals surface area contributed by atoms with E-state index < -0.39 is 10.2 Å². The summed E-state index contributed by atoms with van der Waals surface area (Å²) >= 11 is 3.19. The highest BCUT2D eigenvalue weighted by Gasteiger charge is 2.06. The summed E-state index contributed by atoms with van der Waals surface area (Å²) in [4.78, 5) is 0. The normalized spacial score (nSPS) is 10.5. The van der Waals surface area contributed by atoms with Crippen molar-refractivity contribution in [3.63, 3.8) is 0 Å². The van der Waals surface area contributed by atoms with Crippen molar-refractivity contribution >= 4 is 22.9 Å². The van der Waals surface area contributed by atoms with E-state index in [1.54, 1.807) is 11.3 Å². The van der Waals surface area contributed by atoms with E-state index in [0.29, 0.717) is 0 Å². The number of rotatable bonds is 1. The van der Waals surface area contributed by atoms with Crippen LogP contribution in [0.1, 0.15) is 0 Å². The van der Waals surface area contributed by atoms with Crippen molar-refractivity contribution in [1.82, 2.24) is 4.37 Å². The second-order valence-corrected chi connectivity index (χ2v) is 5.00. The molecule has 0 saturated carbocycles. The first kappa shape index (κ1) is 13.4. The molecule has 0 aliphatic carbocycles. The molecule has 8 heteroatoms. The van der Waals surface area contributed by atoms with E-state index in [1.165, 1.54) is 17.1 Å². The van der Waals surface area contributed by atoms with E-state index in [-0.39, 0.29) is 0 Å². The first-order valence-electron chi connectivity index (χ1n) is 3.86. The van der Waals surface area contributed by atoms with Crippen LogP contribution in [0, 0.1) is 10.2 Å². The lowest BCUT2D eigenvalue weighted by molar-refractivity contribution is -2.00. The monoisotopic (exact) mass is 279 g/mol. The van der Waals surface area contributed by atoms with Gasteiger partial charge in [0.2, 0.25) is 11.5 Å². The van der Waals surface area contributed by atoms with E-state index in [1.807, 2.05) is 22.9 Å². The minimum Gasteiger partial charge on any atom is -0.222 e. The molecule has 2 aromatic rings. The lowest BCUT2D eigenvalue weighted by Crippen LogP contribution is -2.68. The highest BCUT2D eigenvalue weighted by Crippen LogP contribution is 2.22. The zero-order valence-corrected chi connectivity index (χ0v) is 10.1. The van der Waals surface area contributed by atoms with Crippen LogP contribution in [0.5, 0.6) is 0 Å². The van der Waals surface area contributed by atoms with E-state index in [9.17, 15) is 0 Å². The van der Waals surface area contributed by atoms with Gasteiger partial charge in [0.25, 0.3) is 9.70 Å². The fourth-order valence-corrected chi connectivity index (χ4v) is 2.34. The molecule has 1 aromatic heterocycles. The maximum absolute atomic E-state index is 8.49. The summed E-state index contributed by atoms with van der Waals surface area (Å²) < 4.78 is 40.2. The van der Waals surface area contributed by atoms with Gasteiger partial charge in [-0.3, -0.25) is 0 Å². The molecule has 0 unspecified atom stereocenters. The minimum absolute atomic E-state index is 1.11. The zero-order chi connectivity index (χ0) is 12.0. The Balaban J connectivity index is 0.000000221. The first-order valence-corrected chi connectivity index (χ1v) is 6.81. The molecule has 5 nitrogen and oxygen atoms in total. The number of nitrogens with zero attached hydrogens (tertiary/aromatic N) is 1. The average Bonchev–Trinajstić information content (AvgIpc) is 2.69. The van der Waals surface area contributed by atoms with E-state index in [0.717, 1.165) is 5.01 Å². The molecular formula is C8H6ClNO4S2. The third-order valence-corrected chi connectivity index (χ3v) is 3.04. The van der Waals surface area contributed by atoms with Gasteiger partial charge in [0.15, 0.2) is 0 Å². The van der Waals surface area contributed by atoms with Gasteiger partial charge in [0.05, 0.1) is 0 Å². The SMILES string of the molecule is [O-][Cl+3]([O-])([O-])[O-].c1ccc(-c2nsc[s+]2)cc1. The van der Waals surface area contributed by atoms with Crippen molar-refractivity contribution < 1.29 is 28.9 Å². The van der Waals surface area contributed by atoms with Crippen molar-refractivity contribution in [1.29, 1.82) is 0 Å². The number of hydrogen-bond donors (Lipinski definition) is 0. The Morgan fingerprint density at radius 1 is 1.06 bits per heavy atom. The van der Waals surface area contributed by atoms with Crippen molar-refractivity contribution in [2.45, 2.75) is 0 Å². The molecule has 1 heterocycles. The fourth-order valence-electron chi connectivity index (χ4n) is 0.859. The van der Waals surface area contributed by atoms with Crippen LogP contribution in [0.15, 0.2) is 35.0 Å². The maximum atomic E-state index is 8.49. The third kappa shape index (κ3) is 6.03. The third-order valence-electron chi connectivity index (χ3n) is 1.36. The van der Waals surface area contributed by atoms with Gasteiger partial charge in [-0.1, -0.05) is 18.2 Å². The Kier molecular flexibility index (Phi) is 5.16. The highest BCUT2D eigenvalue weighted by atomic mass is 35.7. The Morgan fingerprint density at radius 3 is 2.06 bits per heavy atom. The summed E-state index contributed by atoms with van der Waals surface area (Å²) in [5.41, 5.74) is 1.21. The molecule has 0 saturated heterocycles. The lowest BCUT2D eigenvalue weighted by Gasteiger charge is -2.17. The average molecular weight is 280 g/mol. The molecule has 16 heavy (non-hydrogen) atoms. The van der Waals surface area contributed by atoms with Crippen LogP contribution in [0.2, 0.25) is 0 Å². The molecular weight excluding hydrogens is 274 g/mol. The van der Waals surface area contributed by atoms with Gasteiger partial charge in [-0.15, -0.1) is 10.2 Å². The molecule has 2 rings (SSSR count). The summed E-state index contributed by atoms with van der Waals surface area (Å²) in [6.45, 7) is 0. The largest absolute Gasteiger partial charge is 0.268 e. The predicted octanol–water partition coefficient (Wildman–Crippen LogP) is -1.60. The van der Waals surface area contributed by atoms with Crippen LogP contribution in [0.4, 0.5) is 0 Å². The van der Waals surface area contributed by atoms with E-state index >= 15 is 0 Å². The molecule has 0 atom stereocenters. The first-order chi connectivity index (χ1) is 7.47. The number of hydrogen-bond acceptors (Lipinski definition) is 6. The molecule has 0 N–H and O–H groups in total. The number of aromatic nitrogens is 1. The second kappa shape index (κ2) is 6.16. The molecule has 86 valence electrons. The van der Waals surface area contributed by atoms with Crippen molar-refractivity contribution in [3.05, 3.63) is 35.0 Å². The van der Waals surface area contributed by atoms with Gasteiger partial charge in [-0.05, 0) is 16.5 Å². The van der Waals surface area contributed by atoms with Crippen LogP contribution in [0.25, 0.3) is 10.6 Å². The Hall–Kier alpha value is -0.670. The van der Waals surface area contributed by atoms with Crippen LogP contribution >= 0.6 is 22.9 Å². The minimum atomic E-state index is -4.94. The Bertz CT molecular complexity index is 398. The van der Waals surface area contributed by atoms with Gasteiger partial charge < -0.3 is 0 Å². The van der Waals surface area contributed by atoms with Crippen LogP contribution in [-0.2, 0) is 0 Å². The standard InChI is InChI=1S/C8H6NS2.ClHO4/c1-2-4-7(5-3-1)8-9-11-6-10-8;2-1(3,4)5/h1-6H;(H,2,3,4,5)/q+1;/p-1. The summed E-state index contributed by atoms with van der Waals surface area (Å²) in [7, 11) is -4.94. The van der Waals surface area contributed by atoms with Crippen molar-refractivity contribution in [3.8, 4) is 10.6 Å². The molecule has 1 aromatic carbocycles. The fraction of sp³-hybridized carbons (Fsp3) is 0. The topological polar surface area (TPSA) is 105 Å². The van der Waals surface area contributed by atoms with Crippen molar-refractivity contribution in [2.24, 2.45) is 0 Å². The molecule has 0 aliphatic heterocycles. The molecule has 0 spiro atoms. The summed E-state index contributed by atoms with van der Waals surface area (Å²) in [5, 5.41) is 1.11. The molecule has 0 bridgehead atoms. The Morgan fingerprint density at radius 2 is 1.62 bits per heavy atom. The molecule has 0 aliphatic rings. The summed E-state index contributed by atoms with van der Waals surface area (Å²) in [6.07, 6.45) is 0. The molecule has 0 radical (unpaired) electrons. The zero-order valence-electron chi connectivity index (χ0n) is 7.74. The van der Waals surface area contributed by atoms with Crippen LogP contribution < -0.4 is 18.6 Å². The molecule has 0 fully saturated rings. The van der Waals surface area contributed by atoms with Crippen LogP contribution in [-0.4, -0.2) is 4.37 Å². The molecule has 0 amide bonds. The van der Waals surface area contributed by atoms with Gasteiger partial charge in [0.1, 0.15) is 11.3 Å². The van der Waals surface area contributed by atoms with Gasteiger partial charge in [0, 0.05) is 5.56 Å². The van der Waals surface area contributed by atoms with Gasteiger partial charge in [-0.25, -0.2) is 18.6 Å². The van der Waals surface area contributed by atoms with E-state index in [2.05, 4.69) is 16.5 Å². The number of benzene rings is 1.